The van der Waals surface area contributed by atoms with Crippen LogP contribution in [0.3, 0.4) is 0 Å². The highest BCUT2D eigenvalue weighted by Crippen LogP contribution is 2.49. The SMILES string of the molecule is Cc1cc(C2=NO[C@@](c3cc(Cl)cc(Cl)c3)(C(F)(F)F)C2)ccc1C(=O)N[C@H]1CC(OCC(F)(F)F)=NO1. The summed E-state index contributed by atoms with van der Waals surface area (Å²) in [6.07, 6.45) is -11.4. The number of nitrogens with zero attached hydrogens (tertiary/aromatic N) is 2. The zero-order chi connectivity index (χ0) is 27.9. The van der Waals surface area contributed by atoms with Gasteiger partial charge in [-0.25, -0.2) is 0 Å². The highest BCUT2D eigenvalue weighted by Gasteiger charge is 2.62. The molecule has 2 aliphatic rings. The lowest BCUT2D eigenvalue weighted by Crippen LogP contribution is -2.42. The first-order valence-corrected chi connectivity index (χ1v) is 11.5. The van der Waals surface area contributed by atoms with Crippen LogP contribution < -0.4 is 5.32 Å². The van der Waals surface area contributed by atoms with Gasteiger partial charge in [-0.2, -0.15) is 26.3 Å². The first-order valence-electron chi connectivity index (χ1n) is 10.8. The van der Waals surface area contributed by atoms with Gasteiger partial charge in [-0.05, 0) is 53.5 Å². The molecule has 0 saturated carbocycles. The molecule has 1 amide bonds. The average molecular weight is 584 g/mol. The quantitative estimate of drug-likeness (QED) is 0.422. The molecule has 0 saturated heterocycles. The minimum absolute atomic E-state index is 0.00457. The van der Waals surface area contributed by atoms with Gasteiger partial charge < -0.3 is 19.7 Å². The van der Waals surface area contributed by atoms with Crippen molar-refractivity contribution in [3.63, 3.8) is 0 Å². The minimum Gasteiger partial charge on any atom is -0.469 e. The molecular weight excluding hydrogens is 567 g/mol. The molecule has 7 nitrogen and oxygen atoms in total. The Bertz CT molecular complexity index is 1290. The van der Waals surface area contributed by atoms with E-state index < -0.39 is 43.1 Å². The molecule has 0 aromatic heterocycles. The molecule has 2 aromatic carbocycles. The Kier molecular flexibility index (Phi) is 7.45. The van der Waals surface area contributed by atoms with Crippen molar-refractivity contribution in [1.29, 1.82) is 0 Å². The maximum Gasteiger partial charge on any atom is 0.435 e. The molecule has 2 atom stereocenters. The highest BCUT2D eigenvalue weighted by atomic mass is 35.5. The lowest BCUT2D eigenvalue weighted by Gasteiger charge is -2.29. The second-order valence-corrected chi connectivity index (χ2v) is 9.35. The van der Waals surface area contributed by atoms with Gasteiger partial charge in [0, 0.05) is 27.6 Å². The Hall–Kier alpha value is -3.19. The van der Waals surface area contributed by atoms with E-state index in [2.05, 4.69) is 20.4 Å². The molecule has 1 N–H and O–H groups in total. The average Bonchev–Trinajstić information content (AvgIpc) is 3.44. The number of carbonyl (C=O) groups excluding carboxylic acids is 1. The fourth-order valence-corrected chi connectivity index (χ4v) is 4.38. The number of aryl methyl sites for hydroxylation is 1. The molecular formula is C23H17Cl2F6N3O4. The maximum atomic E-state index is 14.2. The molecule has 4 rings (SSSR count). The van der Waals surface area contributed by atoms with Crippen LogP contribution in [0.1, 0.15) is 39.9 Å². The number of nitrogens with one attached hydrogen (secondary N) is 1. The summed E-state index contributed by atoms with van der Waals surface area (Å²) >= 11 is 11.8. The van der Waals surface area contributed by atoms with E-state index in [9.17, 15) is 31.1 Å². The molecule has 0 radical (unpaired) electrons. The largest absolute Gasteiger partial charge is 0.469 e. The van der Waals surface area contributed by atoms with Crippen molar-refractivity contribution >= 4 is 40.7 Å². The highest BCUT2D eigenvalue weighted by molar-refractivity contribution is 6.34. The molecule has 2 heterocycles. The van der Waals surface area contributed by atoms with Crippen molar-refractivity contribution in [2.75, 3.05) is 6.61 Å². The van der Waals surface area contributed by atoms with E-state index >= 15 is 0 Å². The number of oxime groups is 2. The van der Waals surface area contributed by atoms with Crippen LogP contribution in [0.25, 0.3) is 0 Å². The smallest absolute Gasteiger partial charge is 0.435 e. The summed E-state index contributed by atoms with van der Waals surface area (Å²) in [5, 5.41) is 9.49. The summed E-state index contributed by atoms with van der Waals surface area (Å²) < 4.78 is 83.9. The van der Waals surface area contributed by atoms with Gasteiger partial charge in [0.05, 0.1) is 12.1 Å². The number of alkyl halides is 6. The first-order chi connectivity index (χ1) is 17.7. The fraction of sp³-hybridized carbons (Fsp3) is 0.348. The Morgan fingerprint density at radius 1 is 1.11 bits per heavy atom. The monoisotopic (exact) mass is 583 g/mol. The topological polar surface area (TPSA) is 81.5 Å². The molecule has 0 fully saturated rings. The van der Waals surface area contributed by atoms with Crippen LogP contribution in [-0.4, -0.2) is 42.7 Å². The van der Waals surface area contributed by atoms with Crippen molar-refractivity contribution < 1.29 is 45.5 Å². The van der Waals surface area contributed by atoms with E-state index in [0.29, 0.717) is 5.56 Å². The molecule has 2 aliphatic heterocycles. The van der Waals surface area contributed by atoms with Crippen molar-refractivity contribution in [3.8, 4) is 0 Å². The van der Waals surface area contributed by atoms with Gasteiger partial charge in [-0.1, -0.05) is 34.4 Å². The van der Waals surface area contributed by atoms with Gasteiger partial charge in [0.2, 0.25) is 12.1 Å². The summed E-state index contributed by atoms with van der Waals surface area (Å²) in [4.78, 5) is 22.5. The second kappa shape index (κ2) is 10.2. The Balaban J connectivity index is 1.46. The Labute approximate surface area is 221 Å². The van der Waals surface area contributed by atoms with Gasteiger partial charge in [0.15, 0.2) is 6.61 Å². The summed E-state index contributed by atoms with van der Waals surface area (Å²) in [6.45, 7) is -0.00356. The van der Waals surface area contributed by atoms with Gasteiger partial charge in [-0.15, -0.1) is 0 Å². The van der Waals surface area contributed by atoms with E-state index in [1.165, 1.54) is 24.3 Å². The number of rotatable bonds is 5. The number of hydrogen-bond acceptors (Lipinski definition) is 6. The predicted molar refractivity (Wildman–Crippen MR) is 124 cm³/mol. The van der Waals surface area contributed by atoms with Gasteiger partial charge in [0.25, 0.3) is 11.5 Å². The molecule has 0 spiro atoms. The predicted octanol–water partition coefficient (Wildman–Crippen LogP) is 6.25. The fourth-order valence-electron chi connectivity index (χ4n) is 3.85. The van der Waals surface area contributed by atoms with E-state index in [1.807, 2.05) is 0 Å². The number of ether oxygens (including phenoxy) is 1. The molecule has 2 aromatic rings. The summed E-state index contributed by atoms with van der Waals surface area (Å²) in [6, 6.07) is 7.71. The number of carbonyl (C=O) groups is 1. The summed E-state index contributed by atoms with van der Waals surface area (Å²) in [5.74, 6) is -0.970. The summed E-state index contributed by atoms with van der Waals surface area (Å²) in [7, 11) is 0. The standard InChI is InChI=1S/C23H17Cl2F6N3O4/c1-11-4-12(2-3-16(11)20(35)32-18-8-19(34-37-18)36-10-22(26,27)28)17-9-21(38-33-17,23(29,30)31)13-5-14(24)7-15(25)6-13/h2-7,18H,8-10H2,1H3,(H,32,35)/t18-,21+/m1/s1. The molecule has 0 unspecified atom stereocenters. The molecule has 38 heavy (non-hydrogen) atoms. The van der Waals surface area contributed by atoms with Crippen LogP contribution in [0.4, 0.5) is 26.3 Å². The van der Waals surface area contributed by atoms with E-state index in [4.69, 9.17) is 32.9 Å². The van der Waals surface area contributed by atoms with Gasteiger partial charge in [0.1, 0.15) is 0 Å². The first kappa shape index (κ1) is 27.8. The van der Waals surface area contributed by atoms with Crippen molar-refractivity contribution in [3.05, 3.63) is 68.7 Å². The van der Waals surface area contributed by atoms with Crippen LogP contribution in [0.15, 0.2) is 46.7 Å². The number of benzene rings is 2. The third kappa shape index (κ3) is 5.93. The molecule has 0 aliphatic carbocycles. The van der Waals surface area contributed by atoms with E-state index in [1.54, 1.807) is 6.92 Å². The Morgan fingerprint density at radius 2 is 1.79 bits per heavy atom. The van der Waals surface area contributed by atoms with Crippen molar-refractivity contribution in [2.24, 2.45) is 10.3 Å². The minimum atomic E-state index is -4.87. The normalized spacial score (nSPS) is 21.3. The van der Waals surface area contributed by atoms with E-state index in [-0.39, 0.29) is 44.8 Å². The van der Waals surface area contributed by atoms with Crippen LogP contribution in [-0.2, 0) is 20.0 Å². The number of hydrogen-bond donors (Lipinski definition) is 1. The molecule has 0 bridgehead atoms. The third-order valence-electron chi connectivity index (χ3n) is 5.66. The summed E-state index contributed by atoms with van der Waals surface area (Å²) in [5.41, 5.74) is -2.34. The van der Waals surface area contributed by atoms with E-state index in [0.717, 1.165) is 12.1 Å². The third-order valence-corrected chi connectivity index (χ3v) is 6.09. The Morgan fingerprint density at radius 3 is 2.39 bits per heavy atom. The zero-order valence-corrected chi connectivity index (χ0v) is 20.7. The van der Waals surface area contributed by atoms with Crippen LogP contribution >= 0.6 is 23.2 Å². The van der Waals surface area contributed by atoms with Crippen LogP contribution in [0.2, 0.25) is 10.0 Å². The van der Waals surface area contributed by atoms with Crippen LogP contribution in [0, 0.1) is 6.92 Å². The second-order valence-electron chi connectivity index (χ2n) is 8.48. The van der Waals surface area contributed by atoms with Gasteiger partial charge in [-0.3, -0.25) is 4.79 Å². The number of halogens is 8. The molecule has 15 heteroatoms. The van der Waals surface area contributed by atoms with Crippen molar-refractivity contribution in [2.45, 2.75) is 43.9 Å². The lowest BCUT2D eigenvalue weighted by atomic mass is 9.86. The maximum absolute atomic E-state index is 14.2. The molecule has 204 valence electrons. The lowest BCUT2D eigenvalue weighted by molar-refractivity contribution is -0.275. The van der Waals surface area contributed by atoms with Crippen molar-refractivity contribution in [1.82, 2.24) is 5.32 Å². The zero-order valence-electron chi connectivity index (χ0n) is 19.2. The van der Waals surface area contributed by atoms with Gasteiger partial charge >= 0.3 is 12.4 Å². The number of amides is 1. The van der Waals surface area contributed by atoms with Crippen LogP contribution in [0.5, 0.6) is 0 Å².